The van der Waals surface area contributed by atoms with Crippen molar-refractivity contribution in [3.63, 3.8) is 0 Å². The van der Waals surface area contributed by atoms with Gasteiger partial charge in [0.1, 0.15) is 0 Å². The van der Waals surface area contributed by atoms with Gasteiger partial charge >= 0.3 is 0 Å². The number of amides is 1. The van der Waals surface area contributed by atoms with E-state index in [1.807, 2.05) is 32.3 Å². The highest BCUT2D eigenvalue weighted by Gasteiger charge is 2.13. The number of carbonyl (C=O) groups excluding carboxylic acids is 1. The molecule has 0 spiro atoms. The highest BCUT2D eigenvalue weighted by molar-refractivity contribution is 5.93. The number of nitrogens with zero attached hydrogens (tertiary/aromatic N) is 2. The van der Waals surface area contributed by atoms with Crippen LogP contribution in [-0.2, 0) is 11.3 Å². The van der Waals surface area contributed by atoms with Gasteiger partial charge in [0.2, 0.25) is 5.91 Å². The lowest BCUT2D eigenvalue weighted by atomic mass is 10.1. The molecular weight excluding hydrogens is 264 g/mol. The molecule has 1 saturated heterocycles. The Morgan fingerprint density at radius 1 is 1.29 bits per heavy atom. The number of hydrogen-bond acceptors (Lipinski definition) is 4. The van der Waals surface area contributed by atoms with Crippen LogP contribution in [0.2, 0.25) is 0 Å². The van der Waals surface area contributed by atoms with Gasteiger partial charge in [0, 0.05) is 25.3 Å². The number of benzene rings is 1. The predicted molar refractivity (Wildman–Crippen MR) is 86.4 cm³/mol. The first kappa shape index (κ1) is 15.9. The molecule has 5 nitrogen and oxygen atoms in total. The Kier molecular flexibility index (Phi) is 6.17. The standard InChI is InChI=1S/C16H26N4O/c1-19(2)12-14-6-3-4-7-15(14)18-16(21)13-20-10-5-8-17-9-11-20/h3-4,6-7,17H,5,8-13H2,1-2H3,(H,18,21). The van der Waals surface area contributed by atoms with E-state index in [1.54, 1.807) is 0 Å². The molecule has 21 heavy (non-hydrogen) atoms. The maximum Gasteiger partial charge on any atom is 0.238 e. The first-order valence-electron chi connectivity index (χ1n) is 7.61. The third-order valence-electron chi connectivity index (χ3n) is 3.58. The van der Waals surface area contributed by atoms with Crippen molar-refractivity contribution >= 4 is 11.6 Å². The topological polar surface area (TPSA) is 47.6 Å². The lowest BCUT2D eigenvalue weighted by Crippen LogP contribution is -2.35. The van der Waals surface area contributed by atoms with E-state index in [4.69, 9.17) is 0 Å². The van der Waals surface area contributed by atoms with E-state index in [2.05, 4.69) is 26.5 Å². The molecule has 0 atom stereocenters. The van der Waals surface area contributed by atoms with Crippen LogP contribution < -0.4 is 10.6 Å². The summed E-state index contributed by atoms with van der Waals surface area (Å²) in [4.78, 5) is 16.6. The molecule has 1 aromatic carbocycles. The summed E-state index contributed by atoms with van der Waals surface area (Å²) in [5.74, 6) is 0.0723. The van der Waals surface area contributed by atoms with Crippen LogP contribution in [0.25, 0.3) is 0 Å². The van der Waals surface area contributed by atoms with Crippen molar-refractivity contribution in [1.82, 2.24) is 15.1 Å². The average Bonchev–Trinajstić information content (AvgIpc) is 2.69. The van der Waals surface area contributed by atoms with Gasteiger partial charge in [-0.05, 0) is 45.2 Å². The van der Waals surface area contributed by atoms with Crippen molar-refractivity contribution in [3.8, 4) is 0 Å². The Balaban J connectivity index is 1.92. The van der Waals surface area contributed by atoms with Crippen molar-refractivity contribution < 1.29 is 4.79 Å². The minimum atomic E-state index is 0.0723. The molecule has 0 unspecified atom stereocenters. The fraction of sp³-hybridized carbons (Fsp3) is 0.562. The van der Waals surface area contributed by atoms with E-state index in [9.17, 15) is 4.79 Å². The fourth-order valence-electron chi connectivity index (χ4n) is 2.57. The van der Waals surface area contributed by atoms with Crippen molar-refractivity contribution in [2.75, 3.05) is 52.1 Å². The molecule has 5 heteroatoms. The summed E-state index contributed by atoms with van der Waals surface area (Å²) in [5, 5.41) is 6.41. The normalized spacial score (nSPS) is 16.7. The Bertz CT molecular complexity index is 453. The predicted octanol–water partition coefficient (Wildman–Crippen LogP) is 0.982. The summed E-state index contributed by atoms with van der Waals surface area (Å²) in [6.45, 7) is 5.23. The lowest BCUT2D eigenvalue weighted by Gasteiger charge is -2.20. The molecule has 2 N–H and O–H groups in total. The third kappa shape index (κ3) is 5.46. The fourth-order valence-corrected chi connectivity index (χ4v) is 2.57. The summed E-state index contributed by atoms with van der Waals surface area (Å²) in [7, 11) is 4.06. The quantitative estimate of drug-likeness (QED) is 0.849. The van der Waals surface area contributed by atoms with Crippen molar-refractivity contribution in [1.29, 1.82) is 0 Å². The molecular formula is C16H26N4O. The van der Waals surface area contributed by atoms with Crippen LogP contribution in [0.1, 0.15) is 12.0 Å². The van der Waals surface area contributed by atoms with E-state index in [1.165, 1.54) is 0 Å². The van der Waals surface area contributed by atoms with Crippen LogP contribution >= 0.6 is 0 Å². The van der Waals surface area contributed by atoms with Crippen LogP contribution in [0, 0.1) is 0 Å². The largest absolute Gasteiger partial charge is 0.325 e. The van der Waals surface area contributed by atoms with Crippen molar-refractivity contribution in [2.24, 2.45) is 0 Å². The van der Waals surface area contributed by atoms with Gasteiger partial charge in [-0.1, -0.05) is 18.2 Å². The number of nitrogens with one attached hydrogen (secondary N) is 2. The molecule has 0 aromatic heterocycles. The summed E-state index contributed by atoms with van der Waals surface area (Å²) in [6.07, 6.45) is 1.10. The van der Waals surface area contributed by atoms with Gasteiger partial charge in [0.15, 0.2) is 0 Å². The number of rotatable bonds is 5. The lowest BCUT2D eigenvalue weighted by molar-refractivity contribution is -0.117. The summed E-state index contributed by atoms with van der Waals surface area (Å²) in [6, 6.07) is 8.01. The Morgan fingerprint density at radius 2 is 2.10 bits per heavy atom. The maximum atomic E-state index is 12.2. The number of para-hydroxylation sites is 1. The van der Waals surface area contributed by atoms with Gasteiger partial charge in [-0.2, -0.15) is 0 Å². The molecule has 1 amide bonds. The Labute approximate surface area is 127 Å². The Morgan fingerprint density at radius 3 is 2.90 bits per heavy atom. The SMILES string of the molecule is CN(C)Cc1ccccc1NC(=O)CN1CCCNCC1. The van der Waals surface area contributed by atoms with Gasteiger partial charge in [0.05, 0.1) is 6.54 Å². The number of hydrogen-bond donors (Lipinski definition) is 2. The van der Waals surface area contributed by atoms with Gasteiger partial charge in [-0.25, -0.2) is 0 Å². The van der Waals surface area contributed by atoms with E-state index >= 15 is 0 Å². The van der Waals surface area contributed by atoms with Crippen LogP contribution in [0.4, 0.5) is 5.69 Å². The second kappa shape index (κ2) is 8.12. The molecule has 116 valence electrons. The van der Waals surface area contributed by atoms with E-state index in [0.717, 1.165) is 50.4 Å². The molecule has 2 rings (SSSR count). The zero-order valence-electron chi connectivity index (χ0n) is 13.1. The highest BCUT2D eigenvalue weighted by atomic mass is 16.2. The zero-order valence-corrected chi connectivity index (χ0v) is 13.1. The minimum absolute atomic E-state index is 0.0723. The summed E-state index contributed by atoms with van der Waals surface area (Å²) in [5.41, 5.74) is 2.07. The molecule has 1 aliphatic rings. The van der Waals surface area contributed by atoms with Gasteiger partial charge < -0.3 is 15.5 Å². The molecule has 1 aromatic rings. The molecule has 0 bridgehead atoms. The first-order chi connectivity index (χ1) is 10.1. The third-order valence-corrected chi connectivity index (χ3v) is 3.58. The van der Waals surface area contributed by atoms with Gasteiger partial charge in [-0.15, -0.1) is 0 Å². The molecule has 1 heterocycles. The zero-order chi connectivity index (χ0) is 15.1. The summed E-state index contributed by atoms with van der Waals surface area (Å²) >= 11 is 0. The monoisotopic (exact) mass is 290 g/mol. The maximum absolute atomic E-state index is 12.2. The Hall–Kier alpha value is -1.43. The summed E-state index contributed by atoms with van der Waals surface area (Å²) < 4.78 is 0. The molecule has 1 fully saturated rings. The number of carbonyl (C=O) groups is 1. The second-order valence-electron chi connectivity index (χ2n) is 5.82. The van der Waals surface area contributed by atoms with Crippen molar-refractivity contribution in [2.45, 2.75) is 13.0 Å². The van der Waals surface area contributed by atoms with Crippen LogP contribution in [0.3, 0.4) is 0 Å². The van der Waals surface area contributed by atoms with Crippen LogP contribution in [0.5, 0.6) is 0 Å². The van der Waals surface area contributed by atoms with E-state index in [-0.39, 0.29) is 5.91 Å². The highest BCUT2D eigenvalue weighted by Crippen LogP contribution is 2.16. The average molecular weight is 290 g/mol. The first-order valence-corrected chi connectivity index (χ1v) is 7.61. The smallest absolute Gasteiger partial charge is 0.238 e. The minimum Gasteiger partial charge on any atom is -0.325 e. The van der Waals surface area contributed by atoms with E-state index < -0.39 is 0 Å². The van der Waals surface area contributed by atoms with Gasteiger partial charge in [0.25, 0.3) is 0 Å². The molecule has 0 aliphatic carbocycles. The molecule has 0 radical (unpaired) electrons. The molecule has 0 saturated carbocycles. The second-order valence-corrected chi connectivity index (χ2v) is 5.82. The van der Waals surface area contributed by atoms with E-state index in [0.29, 0.717) is 6.54 Å². The van der Waals surface area contributed by atoms with Gasteiger partial charge in [-0.3, -0.25) is 9.69 Å². The number of anilines is 1. The van der Waals surface area contributed by atoms with Crippen molar-refractivity contribution in [3.05, 3.63) is 29.8 Å². The van der Waals surface area contributed by atoms with Crippen LogP contribution in [0.15, 0.2) is 24.3 Å². The molecule has 1 aliphatic heterocycles. The van der Waals surface area contributed by atoms with Crippen LogP contribution in [-0.4, -0.2) is 62.5 Å².